The van der Waals surface area contributed by atoms with Gasteiger partial charge in [-0.1, -0.05) is 146 Å². The molecule has 0 aliphatic carbocycles. The lowest BCUT2D eigenvalue weighted by Gasteiger charge is -2.15. The van der Waals surface area contributed by atoms with Crippen molar-refractivity contribution in [2.45, 2.75) is 0 Å². The van der Waals surface area contributed by atoms with Gasteiger partial charge in [0, 0.05) is 75.0 Å². The smallest absolute Gasteiger partial charge is 0.161 e. The maximum Gasteiger partial charge on any atom is 0.161 e. The zero-order valence-electron chi connectivity index (χ0n) is 32.2. The number of fused-ring (bicyclic) bond motifs is 7. The van der Waals surface area contributed by atoms with Crippen LogP contribution < -0.4 is 0 Å². The first kappa shape index (κ1) is 34.7. The molecule has 0 fully saturated rings. The molecule has 4 aromatic heterocycles. The molecule has 0 amide bonds. The van der Waals surface area contributed by atoms with E-state index >= 15 is 0 Å². The maximum atomic E-state index is 5.50. The van der Waals surface area contributed by atoms with E-state index in [1.165, 1.54) is 51.5 Å². The molecule has 0 unspecified atom stereocenters. The minimum absolute atomic E-state index is 0.686. The van der Waals surface area contributed by atoms with E-state index in [9.17, 15) is 0 Å². The summed E-state index contributed by atoms with van der Waals surface area (Å²) in [6.45, 7) is 0. The summed E-state index contributed by atoms with van der Waals surface area (Å²) in [5, 5.41) is 7.38. The third kappa shape index (κ3) is 5.82. The molecule has 60 heavy (non-hydrogen) atoms. The lowest BCUT2D eigenvalue weighted by atomic mass is 9.93. The first-order valence-electron chi connectivity index (χ1n) is 20.1. The summed E-state index contributed by atoms with van der Waals surface area (Å²) in [7, 11) is 0. The summed E-state index contributed by atoms with van der Waals surface area (Å²) in [6.07, 6.45) is 3.74. The van der Waals surface area contributed by atoms with Crippen molar-refractivity contribution in [3.8, 4) is 67.3 Å². The highest BCUT2D eigenvalue weighted by atomic mass is 32.1. The Balaban J connectivity index is 1.13. The van der Waals surface area contributed by atoms with Crippen LogP contribution in [0.25, 0.3) is 118 Å². The Kier molecular flexibility index (Phi) is 8.22. The largest absolute Gasteiger partial charge is 0.264 e. The molecule has 280 valence electrons. The standard InChI is InChI=1S/C55H33N3S2/c1-2-13-34(14-3-1)49-32-50(58-55(57-49)48-25-11-21-42-39(18-8-22-43(42)48)35-15-12-28-56-33-35)38-30-36(40-19-9-23-46-44-16-4-6-26-51(44)59-53(40)46)29-37(31-38)41-20-10-24-47-45-17-5-7-27-52(45)60-54(41)47/h1-33H. The maximum absolute atomic E-state index is 5.50. The van der Waals surface area contributed by atoms with Gasteiger partial charge in [0.05, 0.1) is 11.4 Å². The van der Waals surface area contributed by atoms with Gasteiger partial charge >= 0.3 is 0 Å². The average Bonchev–Trinajstić information content (AvgIpc) is 3.90. The fourth-order valence-corrected chi connectivity index (χ4v) is 11.3. The second kappa shape index (κ2) is 14.2. The van der Waals surface area contributed by atoms with Crippen LogP contribution in [0.1, 0.15) is 0 Å². The van der Waals surface area contributed by atoms with Gasteiger partial charge in [-0.05, 0) is 81.1 Å². The Morgan fingerprint density at radius 1 is 0.317 bits per heavy atom. The summed E-state index contributed by atoms with van der Waals surface area (Å²) in [5.74, 6) is 0.686. The monoisotopic (exact) mass is 799 g/mol. The van der Waals surface area contributed by atoms with Crippen LogP contribution in [0, 0.1) is 0 Å². The van der Waals surface area contributed by atoms with Gasteiger partial charge in [-0.3, -0.25) is 4.98 Å². The number of hydrogen-bond donors (Lipinski definition) is 0. The molecule has 5 heteroatoms. The molecule has 0 radical (unpaired) electrons. The number of pyridine rings is 1. The van der Waals surface area contributed by atoms with E-state index in [4.69, 9.17) is 9.97 Å². The highest BCUT2D eigenvalue weighted by Crippen LogP contribution is 2.45. The number of rotatable bonds is 6. The Morgan fingerprint density at radius 3 is 1.42 bits per heavy atom. The molecule has 0 saturated heterocycles. The summed E-state index contributed by atoms with van der Waals surface area (Å²) in [6, 6.07) is 67.6. The molecule has 12 aromatic rings. The van der Waals surface area contributed by atoms with Crippen LogP contribution in [0.15, 0.2) is 200 Å². The van der Waals surface area contributed by atoms with E-state index in [2.05, 4.69) is 187 Å². The number of aromatic nitrogens is 3. The van der Waals surface area contributed by atoms with Crippen LogP contribution in [0.3, 0.4) is 0 Å². The summed E-state index contributed by atoms with van der Waals surface area (Å²) >= 11 is 3.73. The SMILES string of the molecule is c1ccc(-c2cc(-c3cc(-c4cccc5c4sc4ccccc45)cc(-c4cccc5c4sc4ccccc45)c3)nc(-c3cccc4c(-c5cccnc5)cccc34)n2)cc1. The van der Waals surface area contributed by atoms with Crippen molar-refractivity contribution < 1.29 is 0 Å². The molecular formula is C55H33N3S2. The predicted molar refractivity (Wildman–Crippen MR) is 256 cm³/mol. The lowest BCUT2D eigenvalue weighted by Crippen LogP contribution is -1.97. The topological polar surface area (TPSA) is 38.7 Å². The molecule has 0 saturated carbocycles. The Labute approximate surface area is 354 Å². The Hall–Kier alpha value is -7.31. The van der Waals surface area contributed by atoms with Gasteiger partial charge in [-0.15, -0.1) is 22.7 Å². The van der Waals surface area contributed by atoms with Gasteiger partial charge in [0.15, 0.2) is 5.82 Å². The van der Waals surface area contributed by atoms with Crippen LogP contribution in [0.2, 0.25) is 0 Å². The lowest BCUT2D eigenvalue weighted by molar-refractivity contribution is 1.19. The van der Waals surface area contributed by atoms with Crippen molar-refractivity contribution in [3.05, 3.63) is 200 Å². The number of hydrogen-bond acceptors (Lipinski definition) is 5. The van der Waals surface area contributed by atoms with Crippen LogP contribution in [-0.4, -0.2) is 15.0 Å². The molecule has 0 N–H and O–H groups in total. The van der Waals surface area contributed by atoms with E-state index in [1.54, 1.807) is 0 Å². The van der Waals surface area contributed by atoms with Crippen molar-refractivity contribution in [2.75, 3.05) is 0 Å². The van der Waals surface area contributed by atoms with E-state index in [0.29, 0.717) is 5.82 Å². The van der Waals surface area contributed by atoms with Crippen molar-refractivity contribution in [1.29, 1.82) is 0 Å². The molecule has 0 aliphatic rings. The second-order valence-electron chi connectivity index (χ2n) is 15.1. The first-order valence-corrected chi connectivity index (χ1v) is 21.7. The number of thiophene rings is 2. The van der Waals surface area contributed by atoms with Crippen molar-refractivity contribution in [2.24, 2.45) is 0 Å². The molecular weight excluding hydrogens is 767 g/mol. The molecule has 4 heterocycles. The Morgan fingerprint density at radius 2 is 0.800 bits per heavy atom. The quantitative estimate of drug-likeness (QED) is 0.168. The van der Waals surface area contributed by atoms with E-state index in [1.807, 2.05) is 41.1 Å². The molecule has 12 rings (SSSR count). The third-order valence-electron chi connectivity index (χ3n) is 11.6. The van der Waals surface area contributed by atoms with E-state index in [0.717, 1.165) is 61.1 Å². The van der Waals surface area contributed by atoms with E-state index in [-0.39, 0.29) is 0 Å². The zero-order valence-corrected chi connectivity index (χ0v) is 33.8. The summed E-state index contributed by atoms with van der Waals surface area (Å²) < 4.78 is 5.16. The van der Waals surface area contributed by atoms with Crippen LogP contribution in [0.5, 0.6) is 0 Å². The summed E-state index contributed by atoms with van der Waals surface area (Å²) in [5.41, 5.74) is 11.8. The molecule has 0 atom stereocenters. The van der Waals surface area contributed by atoms with Gasteiger partial charge < -0.3 is 0 Å². The van der Waals surface area contributed by atoms with E-state index < -0.39 is 0 Å². The van der Waals surface area contributed by atoms with Crippen molar-refractivity contribution in [1.82, 2.24) is 15.0 Å². The van der Waals surface area contributed by atoms with Crippen LogP contribution in [0.4, 0.5) is 0 Å². The predicted octanol–water partition coefficient (Wildman–Crippen LogP) is 15.8. The average molecular weight is 800 g/mol. The highest BCUT2D eigenvalue weighted by molar-refractivity contribution is 7.26. The van der Waals surface area contributed by atoms with Gasteiger partial charge in [0.2, 0.25) is 0 Å². The summed E-state index contributed by atoms with van der Waals surface area (Å²) in [4.78, 5) is 15.2. The van der Waals surface area contributed by atoms with Crippen LogP contribution >= 0.6 is 22.7 Å². The van der Waals surface area contributed by atoms with Crippen molar-refractivity contribution in [3.63, 3.8) is 0 Å². The number of benzene rings is 8. The number of nitrogens with zero attached hydrogens (tertiary/aromatic N) is 3. The third-order valence-corrected chi connectivity index (χ3v) is 14.0. The van der Waals surface area contributed by atoms with Gasteiger partial charge in [-0.25, -0.2) is 9.97 Å². The molecule has 3 nitrogen and oxygen atoms in total. The van der Waals surface area contributed by atoms with Gasteiger partial charge in [0.25, 0.3) is 0 Å². The fourth-order valence-electron chi connectivity index (χ4n) is 8.79. The Bertz CT molecular complexity index is 3470. The minimum Gasteiger partial charge on any atom is -0.264 e. The second-order valence-corrected chi connectivity index (χ2v) is 17.2. The first-order chi connectivity index (χ1) is 29.7. The van der Waals surface area contributed by atoms with Gasteiger partial charge in [0.1, 0.15) is 0 Å². The van der Waals surface area contributed by atoms with Crippen molar-refractivity contribution >= 4 is 73.8 Å². The van der Waals surface area contributed by atoms with Gasteiger partial charge in [-0.2, -0.15) is 0 Å². The van der Waals surface area contributed by atoms with Crippen LogP contribution in [-0.2, 0) is 0 Å². The molecule has 8 aromatic carbocycles. The zero-order chi connectivity index (χ0) is 39.6. The molecule has 0 aliphatic heterocycles. The minimum atomic E-state index is 0.686. The molecule has 0 spiro atoms. The fraction of sp³-hybridized carbons (Fsp3) is 0. The highest BCUT2D eigenvalue weighted by Gasteiger charge is 2.19. The molecule has 0 bridgehead atoms. The normalized spacial score (nSPS) is 11.7.